The molecular formula is C22H25NO5. The van der Waals surface area contributed by atoms with Crippen LogP contribution in [0.4, 0.5) is 5.69 Å². The van der Waals surface area contributed by atoms with Crippen molar-refractivity contribution in [1.29, 1.82) is 0 Å². The van der Waals surface area contributed by atoms with Gasteiger partial charge in [0.15, 0.2) is 18.1 Å². The van der Waals surface area contributed by atoms with Gasteiger partial charge in [-0.3, -0.25) is 4.79 Å². The van der Waals surface area contributed by atoms with Gasteiger partial charge in [-0.2, -0.15) is 0 Å². The molecule has 0 spiro atoms. The Morgan fingerprint density at radius 3 is 2.68 bits per heavy atom. The topological polar surface area (TPSA) is 84.9 Å². The summed E-state index contributed by atoms with van der Waals surface area (Å²) < 4.78 is 10.00. The SMILES string of the molecule is CC[C@@H](C)c1ccccc1NC(=O)COC(=O)/C=C/c1ccc(O)c(OC)c1. The van der Waals surface area contributed by atoms with Crippen LogP contribution in [-0.2, 0) is 14.3 Å². The lowest BCUT2D eigenvalue weighted by Crippen LogP contribution is -2.21. The average molecular weight is 383 g/mol. The van der Waals surface area contributed by atoms with Gasteiger partial charge in [-0.25, -0.2) is 4.79 Å². The first-order valence-electron chi connectivity index (χ1n) is 9.05. The number of methoxy groups -OCH3 is 1. The third-order valence-corrected chi connectivity index (χ3v) is 4.34. The van der Waals surface area contributed by atoms with E-state index in [4.69, 9.17) is 9.47 Å². The van der Waals surface area contributed by atoms with E-state index in [1.54, 1.807) is 12.1 Å². The molecule has 0 fully saturated rings. The number of nitrogens with one attached hydrogen (secondary N) is 1. The Kier molecular flexibility index (Phi) is 7.63. The lowest BCUT2D eigenvalue weighted by molar-refractivity contribution is -0.142. The predicted octanol–water partition coefficient (Wildman–Crippen LogP) is 4.11. The van der Waals surface area contributed by atoms with E-state index in [1.165, 1.54) is 25.3 Å². The Hall–Kier alpha value is -3.28. The Morgan fingerprint density at radius 1 is 1.21 bits per heavy atom. The van der Waals surface area contributed by atoms with Crippen molar-refractivity contribution in [2.24, 2.45) is 0 Å². The van der Waals surface area contributed by atoms with Crippen LogP contribution in [0.15, 0.2) is 48.5 Å². The molecule has 148 valence electrons. The molecule has 0 aromatic heterocycles. The minimum absolute atomic E-state index is 0.0107. The maximum absolute atomic E-state index is 12.1. The van der Waals surface area contributed by atoms with Crippen molar-refractivity contribution >= 4 is 23.6 Å². The molecule has 0 heterocycles. The molecule has 28 heavy (non-hydrogen) atoms. The molecule has 2 aromatic carbocycles. The Balaban J connectivity index is 1.90. The third-order valence-electron chi connectivity index (χ3n) is 4.34. The van der Waals surface area contributed by atoms with E-state index in [2.05, 4.69) is 19.2 Å². The quantitative estimate of drug-likeness (QED) is 0.529. The molecule has 0 saturated carbocycles. The third kappa shape index (κ3) is 5.87. The zero-order chi connectivity index (χ0) is 20.5. The van der Waals surface area contributed by atoms with E-state index in [0.29, 0.717) is 17.2 Å². The fraction of sp³-hybridized carbons (Fsp3) is 0.273. The fourth-order valence-corrected chi connectivity index (χ4v) is 2.59. The van der Waals surface area contributed by atoms with Gasteiger partial charge in [0.1, 0.15) is 0 Å². The number of benzene rings is 2. The molecule has 6 heteroatoms. The first-order valence-corrected chi connectivity index (χ1v) is 9.05. The molecule has 0 radical (unpaired) electrons. The Bertz CT molecular complexity index is 860. The van der Waals surface area contributed by atoms with Crippen molar-refractivity contribution in [1.82, 2.24) is 0 Å². The highest BCUT2D eigenvalue weighted by atomic mass is 16.5. The summed E-state index contributed by atoms with van der Waals surface area (Å²) >= 11 is 0. The van der Waals surface area contributed by atoms with Crippen LogP contribution in [0.2, 0.25) is 0 Å². The number of amides is 1. The minimum Gasteiger partial charge on any atom is -0.504 e. The normalized spacial score (nSPS) is 11.8. The van der Waals surface area contributed by atoms with Gasteiger partial charge >= 0.3 is 5.97 Å². The van der Waals surface area contributed by atoms with Gasteiger partial charge in [-0.15, -0.1) is 0 Å². The second-order valence-corrected chi connectivity index (χ2v) is 6.32. The van der Waals surface area contributed by atoms with Gasteiger partial charge in [-0.1, -0.05) is 38.1 Å². The molecule has 1 amide bonds. The predicted molar refractivity (Wildman–Crippen MR) is 108 cm³/mol. The van der Waals surface area contributed by atoms with Crippen molar-refractivity contribution in [2.45, 2.75) is 26.2 Å². The van der Waals surface area contributed by atoms with Crippen LogP contribution >= 0.6 is 0 Å². The summed E-state index contributed by atoms with van der Waals surface area (Å²) in [4.78, 5) is 24.0. The highest BCUT2D eigenvalue weighted by Gasteiger charge is 2.12. The number of aromatic hydroxyl groups is 1. The zero-order valence-corrected chi connectivity index (χ0v) is 16.3. The van der Waals surface area contributed by atoms with Crippen molar-refractivity contribution < 1.29 is 24.2 Å². The second kappa shape index (κ2) is 10.2. The van der Waals surface area contributed by atoms with Crippen LogP contribution in [0.25, 0.3) is 6.08 Å². The molecule has 1 atom stereocenters. The van der Waals surface area contributed by atoms with Crippen LogP contribution < -0.4 is 10.1 Å². The van der Waals surface area contributed by atoms with Gasteiger partial charge in [0.25, 0.3) is 5.91 Å². The maximum atomic E-state index is 12.1. The van der Waals surface area contributed by atoms with Crippen molar-refractivity contribution in [3.63, 3.8) is 0 Å². The number of rotatable bonds is 8. The summed E-state index contributed by atoms with van der Waals surface area (Å²) in [5.74, 6) is -0.420. The van der Waals surface area contributed by atoms with Crippen LogP contribution in [0.3, 0.4) is 0 Å². The molecule has 2 aromatic rings. The van der Waals surface area contributed by atoms with E-state index >= 15 is 0 Å². The lowest BCUT2D eigenvalue weighted by atomic mass is 9.97. The number of phenols is 1. The standard InChI is InChI=1S/C22H25NO5/c1-4-15(2)17-7-5-6-8-18(17)23-21(25)14-28-22(26)12-10-16-9-11-19(24)20(13-16)27-3/h5-13,15,24H,4,14H2,1-3H3,(H,23,25)/b12-10+/t15-/m1/s1. The summed E-state index contributed by atoms with van der Waals surface area (Å²) in [6, 6.07) is 12.3. The number of phenolic OH excluding ortho intramolecular Hbond substituents is 1. The van der Waals surface area contributed by atoms with E-state index < -0.39 is 11.9 Å². The molecule has 6 nitrogen and oxygen atoms in total. The maximum Gasteiger partial charge on any atom is 0.331 e. The molecule has 2 rings (SSSR count). The zero-order valence-electron chi connectivity index (χ0n) is 16.3. The molecule has 0 aliphatic heterocycles. The molecule has 0 unspecified atom stereocenters. The van der Waals surface area contributed by atoms with Gasteiger partial charge in [0.05, 0.1) is 7.11 Å². The summed E-state index contributed by atoms with van der Waals surface area (Å²) in [6.07, 6.45) is 3.68. The van der Waals surface area contributed by atoms with E-state index in [-0.39, 0.29) is 12.4 Å². The fourth-order valence-electron chi connectivity index (χ4n) is 2.59. The number of para-hydroxylation sites is 1. The van der Waals surface area contributed by atoms with E-state index in [9.17, 15) is 14.7 Å². The smallest absolute Gasteiger partial charge is 0.331 e. The number of carbonyl (C=O) groups excluding carboxylic acids is 2. The van der Waals surface area contributed by atoms with Crippen molar-refractivity contribution in [3.8, 4) is 11.5 Å². The Labute approximate surface area is 164 Å². The molecule has 0 bridgehead atoms. The number of esters is 1. The number of hydrogen-bond acceptors (Lipinski definition) is 5. The van der Waals surface area contributed by atoms with Gasteiger partial charge in [0, 0.05) is 11.8 Å². The molecule has 2 N–H and O–H groups in total. The highest BCUT2D eigenvalue weighted by Crippen LogP contribution is 2.27. The molecule has 0 aliphatic carbocycles. The van der Waals surface area contributed by atoms with Crippen molar-refractivity contribution in [2.75, 3.05) is 19.0 Å². The monoisotopic (exact) mass is 383 g/mol. The lowest BCUT2D eigenvalue weighted by Gasteiger charge is -2.15. The van der Waals surface area contributed by atoms with Gasteiger partial charge in [-0.05, 0) is 47.7 Å². The summed E-state index contributed by atoms with van der Waals surface area (Å²) in [6.45, 7) is 3.80. The number of hydrogen-bond donors (Lipinski definition) is 2. The Morgan fingerprint density at radius 2 is 1.96 bits per heavy atom. The number of ether oxygens (including phenoxy) is 2. The summed E-state index contributed by atoms with van der Waals surface area (Å²) in [5, 5.41) is 12.4. The van der Waals surface area contributed by atoms with Gasteiger partial charge in [0.2, 0.25) is 0 Å². The first-order chi connectivity index (χ1) is 13.4. The van der Waals surface area contributed by atoms with E-state index in [0.717, 1.165) is 17.7 Å². The van der Waals surface area contributed by atoms with Crippen LogP contribution in [0.5, 0.6) is 11.5 Å². The highest BCUT2D eigenvalue weighted by molar-refractivity contribution is 5.95. The summed E-state index contributed by atoms with van der Waals surface area (Å²) in [7, 11) is 1.44. The molecule has 0 saturated heterocycles. The number of carbonyl (C=O) groups is 2. The molecular weight excluding hydrogens is 358 g/mol. The van der Waals surface area contributed by atoms with Gasteiger partial charge < -0.3 is 19.9 Å². The number of anilines is 1. The van der Waals surface area contributed by atoms with Crippen LogP contribution in [0, 0.1) is 0 Å². The largest absolute Gasteiger partial charge is 0.504 e. The minimum atomic E-state index is -0.641. The summed E-state index contributed by atoms with van der Waals surface area (Å²) in [5.41, 5.74) is 2.43. The van der Waals surface area contributed by atoms with E-state index in [1.807, 2.05) is 24.3 Å². The van der Waals surface area contributed by atoms with Crippen LogP contribution in [0.1, 0.15) is 37.3 Å². The second-order valence-electron chi connectivity index (χ2n) is 6.32. The first kappa shape index (κ1) is 21.0. The van der Waals surface area contributed by atoms with Crippen LogP contribution in [-0.4, -0.2) is 30.7 Å². The average Bonchev–Trinajstić information content (AvgIpc) is 2.71. The molecule has 0 aliphatic rings. The van der Waals surface area contributed by atoms with Crippen molar-refractivity contribution in [3.05, 3.63) is 59.7 Å².